The molecule has 0 amide bonds. The average Bonchev–Trinajstić information content (AvgIpc) is 1.96. The van der Waals surface area contributed by atoms with Crippen molar-refractivity contribution in [2.24, 2.45) is 0 Å². The molecule has 0 aliphatic heterocycles. The van der Waals surface area contributed by atoms with Gasteiger partial charge in [0.2, 0.25) is 0 Å². The second-order valence-electron chi connectivity index (χ2n) is 3.52. The first-order valence-corrected chi connectivity index (χ1v) is 5.69. The summed E-state index contributed by atoms with van der Waals surface area (Å²) in [4.78, 5) is 0. The fourth-order valence-electron chi connectivity index (χ4n) is 0.924. The van der Waals surface area contributed by atoms with Gasteiger partial charge < -0.3 is 0 Å². The maximum absolute atomic E-state index is 12.0. The Kier molecular flexibility index (Phi) is 4.71. The predicted octanol–water partition coefficient (Wildman–Crippen LogP) is 2.32. The highest BCUT2D eigenvalue weighted by Gasteiger charge is 2.66. The van der Waals surface area contributed by atoms with Crippen LogP contribution in [-0.4, -0.2) is 22.7 Å². The van der Waals surface area contributed by atoms with Crippen LogP contribution in [0.25, 0.3) is 0 Å². The van der Waals surface area contributed by atoms with Crippen LogP contribution in [-0.2, 0) is 23.5 Å². The lowest BCUT2D eigenvalue weighted by Gasteiger charge is -2.25. The minimum atomic E-state index is -5.56. The quantitative estimate of drug-likeness (QED) is 0.567. The molecule has 0 N–H and O–H groups in total. The summed E-state index contributed by atoms with van der Waals surface area (Å²) in [6, 6.07) is -0.941. The minimum absolute atomic E-state index is 0.470. The van der Waals surface area contributed by atoms with E-state index in [-0.39, 0.29) is 0 Å². The van der Waals surface area contributed by atoms with Crippen molar-refractivity contribution in [1.82, 2.24) is 5.06 Å². The van der Waals surface area contributed by atoms with Crippen molar-refractivity contribution in [3.05, 3.63) is 0 Å². The molecule has 0 aliphatic rings. The van der Waals surface area contributed by atoms with Gasteiger partial charge in [0, 0.05) is 12.1 Å². The number of hydrogen-bond donors (Lipinski definition) is 0. The van der Waals surface area contributed by atoms with E-state index < -0.39 is 28.1 Å². The zero-order valence-corrected chi connectivity index (χ0v) is 9.69. The molecule has 1 radical (unpaired) electrons. The van der Waals surface area contributed by atoms with Gasteiger partial charge in [-0.2, -0.15) is 0 Å². The molecule has 0 rings (SSSR count). The summed E-state index contributed by atoms with van der Waals surface area (Å²) in [7, 11) is -5.56. The Morgan fingerprint density at radius 2 is 1.47 bits per heavy atom. The van der Waals surface area contributed by atoms with E-state index in [1.165, 1.54) is 27.7 Å². The second kappa shape index (κ2) is 4.77. The zero-order valence-electron chi connectivity index (χ0n) is 8.87. The van der Waals surface area contributed by atoms with Gasteiger partial charge in [-0.15, -0.1) is 18.2 Å². The monoisotopic (exact) mass is 249 g/mol. The van der Waals surface area contributed by atoms with Crippen LogP contribution < -0.4 is 0 Å². The van der Waals surface area contributed by atoms with Crippen LogP contribution in [0.1, 0.15) is 27.7 Å². The zero-order chi connectivity index (χ0) is 12.4. The van der Waals surface area contributed by atoms with Gasteiger partial charge >= 0.3 is 16.0 Å². The summed E-state index contributed by atoms with van der Waals surface area (Å²) in [5.74, 6) is 0. The van der Waals surface area contributed by atoms with Gasteiger partial charge in [0.1, 0.15) is 0 Å². The van der Waals surface area contributed by atoms with Gasteiger partial charge in [0.15, 0.2) is 0 Å². The third-order valence-corrected chi connectivity index (χ3v) is 2.42. The topological polar surface area (TPSA) is 49.4 Å². The Morgan fingerprint density at radius 1 is 1.13 bits per heavy atom. The van der Waals surface area contributed by atoms with E-state index in [0.717, 1.165) is 5.06 Å². The summed E-state index contributed by atoms with van der Waals surface area (Å²) >= 11 is 0. The van der Waals surface area contributed by atoms with E-state index in [9.17, 15) is 21.9 Å². The molecule has 0 bridgehead atoms. The van der Waals surface area contributed by atoms with Crippen molar-refractivity contribution in [2.75, 3.05) is 0 Å². The Morgan fingerprint density at radius 3 is 1.67 bits per heavy atom. The number of halogens is 3. The number of nitrogens with zero attached hydrogens (tertiary/aromatic N) is 1. The van der Waals surface area contributed by atoms with E-state index >= 15 is 0 Å². The lowest BCUT2D eigenvalue weighted by molar-refractivity contribution is -0.146. The molecule has 8 heteroatoms. The Bertz CT molecular complexity index is 246. The molecule has 0 spiro atoms. The van der Waals surface area contributed by atoms with Crippen LogP contribution in [0.5, 0.6) is 0 Å². The molecule has 15 heavy (non-hydrogen) atoms. The smallest absolute Gasteiger partial charge is 0.130 e. The normalized spacial score (nSPS) is 17.5. The first kappa shape index (κ1) is 14.8. The summed E-state index contributed by atoms with van der Waals surface area (Å²) in [5.41, 5.74) is -5.39. The molecular weight excluding hydrogens is 235 g/mol. The largest absolute Gasteiger partial charge is 0.646 e. The highest BCUT2D eigenvalue weighted by Crippen LogP contribution is 2.31. The molecule has 91 valence electrons. The van der Waals surface area contributed by atoms with Crippen molar-refractivity contribution in [1.29, 1.82) is 0 Å². The van der Waals surface area contributed by atoms with E-state index in [4.69, 9.17) is 0 Å². The second-order valence-corrected chi connectivity index (χ2v) is 5.04. The van der Waals surface area contributed by atoms with Crippen LogP contribution in [0.2, 0.25) is 0 Å². The molecule has 1 unspecified atom stereocenters. The third kappa shape index (κ3) is 4.06. The third-order valence-electron chi connectivity index (χ3n) is 1.49. The van der Waals surface area contributed by atoms with Crippen molar-refractivity contribution in [3.63, 3.8) is 0 Å². The van der Waals surface area contributed by atoms with E-state index in [1.807, 2.05) is 0 Å². The molecule has 0 aliphatic carbocycles. The predicted molar refractivity (Wildman–Crippen MR) is 48.0 cm³/mol. The number of hydrogen-bond acceptors (Lipinski definition) is 3. The van der Waals surface area contributed by atoms with Crippen LogP contribution in [0, 0.1) is 0 Å². The molecule has 0 heterocycles. The van der Waals surface area contributed by atoms with Gasteiger partial charge in [-0.05, 0) is 36.2 Å². The van der Waals surface area contributed by atoms with Crippen LogP contribution in [0.15, 0.2) is 0 Å². The molecular formula is C7H14F3NO3S+. The van der Waals surface area contributed by atoms with Crippen molar-refractivity contribution in [2.45, 2.75) is 45.3 Å². The molecule has 0 aromatic rings. The van der Waals surface area contributed by atoms with Crippen molar-refractivity contribution >= 4 is 10.5 Å². The van der Waals surface area contributed by atoms with Gasteiger partial charge in [-0.1, -0.05) is 0 Å². The molecule has 0 aromatic carbocycles. The van der Waals surface area contributed by atoms with Crippen LogP contribution >= 0.6 is 0 Å². The fraction of sp³-hybridized carbons (Fsp3) is 1.00. The fourth-order valence-corrected chi connectivity index (χ4v) is 1.58. The van der Waals surface area contributed by atoms with Crippen molar-refractivity contribution < 1.29 is 26.2 Å². The lowest BCUT2D eigenvalue weighted by Crippen LogP contribution is -2.44. The highest BCUT2D eigenvalue weighted by atomic mass is 32.3. The summed E-state index contributed by atoms with van der Waals surface area (Å²) < 4.78 is 61.3. The molecule has 0 saturated heterocycles. The van der Waals surface area contributed by atoms with E-state index in [1.54, 1.807) is 0 Å². The summed E-state index contributed by atoms with van der Waals surface area (Å²) in [6.45, 7) is 6.13. The number of rotatable bonds is 4. The van der Waals surface area contributed by atoms with E-state index in [0.29, 0.717) is 0 Å². The first-order chi connectivity index (χ1) is 6.49. The highest BCUT2D eigenvalue weighted by molar-refractivity contribution is 7.93. The molecule has 0 fully saturated rings. The molecule has 1 atom stereocenters. The number of hydroxylamine groups is 2. The minimum Gasteiger partial charge on any atom is -0.130 e. The maximum Gasteiger partial charge on any atom is 0.646 e. The van der Waals surface area contributed by atoms with Crippen molar-refractivity contribution in [3.8, 4) is 0 Å². The SMILES string of the molecule is CC(C)N(O[S+]([O])(=O)C(F)(F)F)C(C)C. The maximum atomic E-state index is 12.0. The Hall–Kier alpha value is -0.180. The van der Waals surface area contributed by atoms with E-state index in [2.05, 4.69) is 4.28 Å². The van der Waals surface area contributed by atoms with Gasteiger partial charge in [-0.3, -0.25) is 0 Å². The molecule has 4 nitrogen and oxygen atoms in total. The first-order valence-electron chi connectivity index (χ1n) is 4.28. The molecule has 0 saturated carbocycles. The van der Waals surface area contributed by atoms with Crippen LogP contribution in [0.4, 0.5) is 13.2 Å². The van der Waals surface area contributed by atoms with Gasteiger partial charge in [0.25, 0.3) is 0 Å². The average molecular weight is 249 g/mol. The lowest BCUT2D eigenvalue weighted by atomic mass is 10.3. The Balaban J connectivity index is 4.76. The Labute approximate surface area is 87.8 Å². The summed E-state index contributed by atoms with van der Waals surface area (Å²) in [5, 5.41) is 0.781. The van der Waals surface area contributed by atoms with Gasteiger partial charge in [0.05, 0.1) is 4.55 Å². The summed E-state index contributed by atoms with van der Waals surface area (Å²) in [6.07, 6.45) is 0. The van der Waals surface area contributed by atoms with Gasteiger partial charge in [-0.25, -0.2) is 0 Å². The number of alkyl halides is 3. The standard InChI is InChI=1S/C7H14F3NO3S/c1-5(2)11(6(3)4)14-15(12,13)7(8,9)10/h5-6H,1-4H3/q+1. The van der Waals surface area contributed by atoms with Crippen LogP contribution in [0.3, 0.4) is 0 Å². The molecule has 0 aromatic heterocycles.